The van der Waals surface area contributed by atoms with Gasteiger partial charge in [0.25, 0.3) is 0 Å². The van der Waals surface area contributed by atoms with Gasteiger partial charge in [0.1, 0.15) is 24.5 Å². The van der Waals surface area contributed by atoms with Gasteiger partial charge in [-0.15, -0.1) is 0 Å². The Hall–Kier alpha value is -3.08. The lowest BCUT2D eigenvalue weighted by molar-refractivity contribution is -0.145. The van der Waals surface area contributed by atoms with E-state index in [4.69, 9.17) is 9.47 Å². The van der Waals surface area contributed by atoms with Crippen molar-refractivity contribution in [2.45, 2.75) is 77.7 Å². The van der Waals surface area contributed by atoms with Crippen LogP contribution in [0.5, 0.6) is 5.75 Å². The minimum absolute atomic E-state index is 0.146. The number of phenols is 1. The second-order valence-electron chi connectivity index (χ2n) is 11.7. The third-order valence-corrected chi connectivity index (χ3v) is 6.22. The van der Waals surface area contributed by atoms with Crippen molar-refractivity contribution in [1.29, 1.82) is 0 Å². The van der Waals surface area contributed by atoms with Crippen molar-refractivity contribution in [3.8, 4) is 5.75 Å². The average molecular weight is 478 g/mol. The van der Waals surface area contributed by atoms with E-state index in [0.717, 1.165) is 27.8 Å². The maximum absolute atomic E-state index is 12.6. The number of carbonyl (C=O) groups is 1. The largest absolute Gasteiger partial charge is 0.507 e. The molecule has 0 radical (unpaired) electrons. The molecular formula is C30H39NO4. The SMILES string of the molecule is C=C(C1=NC(C)(COC(=O)CCc2cc(C(C)(C)C)c(O)c(C(C)(C)C)c2)CO1)c1ccccc1. The molecule has 2 aromatic carbocycles. The fourth-order valence-corrected chi connectivity index (χ4v) is 4.06. The quantitative estimate of drug-likeness (QED) is 0.471. The zero-order chi connectivity index (χ0) is 26.0. The summed E-state index contributed by atoms with van der Waals surface area (Å²) in [5.74, 6) is 0.555. The van der Waals surface area contributed by atoms with Crippen LogP contribution in [0.4, 0.5) is 0 Å². The molecule has 0 spiro atoms. The molecule has 3 rings (SSSR count). The van der Waals surface area contributed by atoms with Crippen molar-refractivity contribution in [3.63, 3.8) is 0 Å². The molecule has 2 aromatic rings. The number of phenolic OH excluding ortho intramolecular Hbond substituents is 1. The van der Waals surface area contributed by atoms with Crippen LogP contribution in [0.15, 0.2) is 54.0 Å². The molecule has 5 heteroatoms. The van der Waals surface area contributed by atoms with Gasteiger partial charge in [0, 0.05) is 12.0 Å². The Morgan fingerprint density at radius 2 is 1.66 bits per heavy atom. The van der Waals surface area contributed by atoms with E-state index in [0.29, 0.717) is 24.7 Å². The predicted octanol–water partition coefficient (Wildman–Crippen LogP) is 6.36. The molecule has 0 aromatic heterocycles. The molecule has 1 aliphatic rings. The lowest BCUT2D eigenvalue weighted by Crippen LogP contribution is -2.31. The van der Waals surface area contributed by atoms with Gasteiger partial charge in [0.05, 0.1) is 0 Å². The molecule has 5 nitrogen and oxygen atoms in total. The smallest absolute Gasteiger partial charge is 0.306 e. The van der Waals surface area contributed by atoms with Crippen LogP contribution in [0.25, 0.3) is 5.57 Å². The Kier molecular flexibility index (Phi) is 7.49. The molecule has 0 aliphatic carbocycles. The van der Waals surface area contributed by atoms with Gasteiger partial charge in [-0.3, -0.25) is 4.79 Å². The number of nitrogens with zero attached hydrogens (tertiary/aromatic N) is 1. The lowest BCUT2D eigenvalue weighted by Gasteiger charge is -2.28. The third kappa shape index (κ3) is 6.53. The van der Waals surface area contributed by atoms with E-state index < -0.39 is 5.54 Å². The van der Waals surface area contributed by atoms with E-state index in [9.17, 15) is 9.90 Å². The average Bonchev–Trinajstić information content (AvgIpc) is 3.18. The first-order valence-corrected chi connectivity index (χ1v) is 12.2. The Balaban J connectivity index is 1.64. The van der Waals surface area contributed by atoms with Gasteiger partial charge in [-0.25, -0.2) is 4.99 Å². The number of hydrogen-bond donors (Lipinski definition) is 1. The molecule has 1 unspecified atom stereocenters. The lowest BCUT2D eigenvalue weighted by atomic mass is 9.78. The summed E-state index contributed by atoms with van der Waals surface area (Å²) < 4.78 is 11.4. The van der Waals surface area contributed by atoms with Crippen LogP contribution in [0, 0.1) is 0 Å². The number of carbonyl (C=O) groups excluding carboxylic acids is 1. The standard InChI is InChI=1S/C30H39NO4/c1-20(22-12-10-9-11-13-22)27-31-30(8,19-35-27)18-34-25(32)15-14-21-16-23(28(2,3)4)26(33)24(17-21)29(5,6)7/h9-13,16-17,33H,1,14-15,18-19H2,2-8H3. The van der Waals surface area contributed by atoms with Gasteiger partial charge in [-0.1, -0.05) is 90.6 Å². The minimum atomic E-state index is -0.639. The number of aliphatic imine (C=N–C) groups is 1. The highest BCUT2D eigenvalue weighted by Gasteiger charge is 2.34. The zero-order valence-corrected chi connectivity index (χ0v) is 22.2. The Labute approximate surface area is 209 Å². The Morgan fingerprint density at radius 1 is 1.09 bits per heavy atom. The summed E-state index contributed by atoms with van der Waals surface area (Å²) >= 11 is 0. The van der Waals surface area contributed by atoms with Crippen LogP contribution >= 0.6 is 0 Å². The number of aromatic hydroxyl groups is 1. The van der Waals surface area contributed by atoms with Gasteiger partial charge >= 0.3 is 5.97 Å². The second-order valence-corrected chi connectivity index (χ2v) is 11.7. The summed E-state index contributed by atoms with van der Waals surface area (Å²) in [7, 11) is 0. The maximum Gasteiger partial charge on any atom is 0.306 e. The van der Waals surface area contributed by atoms with E-state index in [2.05, 4.69) is 53.1 Å². The van der Waals surface area contributed by atoms with Crippen molar-refractivity contribution >= 4 is 17.4 Å². The Bertz CT molecular complexity index is 1080. The number of ether oxygens (including phenoxy) is 2. The van der Waals surface area contributed by atoms with Crippen LogP contribution in [-0.2, 0) is 31.5 Å². The van der Waals surface area contributed by atoms with Gasteiger partial charge < -0.3 is 14.6 Å². The van der Waals surface area contributed by atoms with Gasteiger partial charge in [-0.2, -0.15) is 0 Å². The van der Waals surface area contributed by atoms with E-state index >= 15 is 0 Å². The van der Waals surface area contributed by atoms with E-state index in [1.807, 2.05) is 49.4 Å². The maximum atomic E-state index is 12.6. The van der Waals surface area contributed by atoms with Crippen molar-refractivity contribution in [2.75, 3.05) is 13.2 Å². The fourth-order valence-electron chi connectivity index (χ4n) is 4.06. The summed E-state index contributed by atoms with van der Waals surface area (Å²) in [6, 6.07) is 13.8. The molecule has 0 saturated heterocycles. The predicted molar refractivity (Wildman–Crippen MR) is 142 cm³/mol. The van der Waals surface area contributed by atoms with E-state index in [-0.39, 0.29) is 29.8 Å². The molecule has 0 bridgehead atoms. The van der Waals surface area contributed by atoms with Crippen LogP contribution in [0.2, 0.25) is 0 Å². The number of aryl methyl sites for hydroxylation is 1. The van der Waals surface area contributed by atoms with Crippen LogP contribution < -0.4 is 0 Å². The number of benzene rings is 2. The van der Waals surface area contributed by atoms with Crippen LogP contribution in [-0.4, -0.2) is 35.7 Å². The topological polar surface area (TPSA) is 68.1 Å². The molecule has 0 amide bonds. The molecule has 1 heterocycles. The molecule has 1 aliphatic heterocycles. The summed E-state index contributed by atoms with van der Waals surface area (Å²) in [5.41, 5.74) is 3.41. The van der Waals surface area contributed by atoms with Crippen molar-refractivity contribution in [2.24, 2.45) is 4.99 Å². The number of esters is 1. The fraction of sp³-hybridized carbons (Fsp3) is 0.467. The molecule has 0 saturated carbocycles. The van der Waals surface area contributed by atoms with Crippen molar-refractivity contribution in [1.82, 2.24) is 0 Å². The van der Waals surface area contributed by atoms with Crippen molar-refractivity contribution in [3.05, 3.63) is 71.3 Å². The van der Waals surface area contributed by atoms with E-state index in [1.165, 1.54) is 0 Å². The molecule has 1 N–H and O–H groups in total. The molecular weight excluding hydrogens is 438 g/mol. The molecule has 188 valence electrons. The summed E-state index contributed by atoms with van der Waals surface area (Å²) in [6.07, 6.45) is 0.792. The third-order valence-electron chi connectivity index (χ3n) is 6.22. The number of rotatable bonds is 7. The summed E-state index contributed by atoms with van der Waals surface area (Å²) in [5, 5.41) is 10.9. The highest BCUT2D eigenvalue weighted by molar-refractivity contribution is 6.19. The highest BCUT2D eigenvalue weighted by atomic mass is 16.5. The van der Waals surface area contributed by atoms with Gasteiger partial charge in [0.15, 0.2) is 0 Å². The molecule has 0 fully saturated rings. The van der Waals surface area contributed by atoms with Crippen LogP contribution in [0.1, 0.15) is 77.1 Å². The Morgan fingerprint density at radius 3 is 2.20 bits per heavy atom. The monoisotopic (exact) mass is 477 g/mol. The van der Waals surface area contributed by atoms with Gasteiger partial charge in [0.2, 0.25) is 5.90 Å². The zero-order valence-electron chi connectivity index (χ0n) is 22.2. The molecule has 1 atom stereocenters. The van der Waals surface area contributed by atoms with Gasteiger partial charge in [-0.05, 0) is 46.4 Å². The van der Waals surface area contributed by atoms with Crippen LogP contribution in [0.3, 0.4) is 0 Å². The minimum Gasteiger partial charge on any atom is -0.507 e. The number of hydrogen-bond acceptors (Lipinski definition) is 5. The highest BCUT2D eigenvalue weighted by Crippen LogP contribution is 2.40. The first kappa shape index (κ1) is 26.5. The first-order chi connectivity index (χ1) is 16.2. The normalized spacial score (nSPS) is 18.1. The second kappa shape index (κ2) is 9.88. The molecule has 35 heavy (non-hydrogen) atoms. The van der Waals surface area contributed by atoms with Crippen molar-refractivity contribution < 1.29 is 19.4 Å². The summed E-state index contributed by atoms with van der Waals surface area (Å²) in [4.78, 5) is 17.3. The van der Waals surface area contributed by atoms with E-state index in [1.54, 1.807) is 0 Å². The summed E-state index contributed by atoms with van der Waals surface area (Å²) in [6.45, 7) is 19.0. The first-order valence-electron chi connectivity index (χ1n) is 12.2.